The highest BCUT2D eigenvalue weighted by atomic mass is 16.5. The first kappa shape index (κ1) is 12.6. The molecular weight excluding hydrogens is 228 g/mol. The molecule has 0 unspecified atom stereocenters. The first-order valence-corrected chi connectivity index (χ1v) is 5.91. The van der Waals surface area contributed by atoms with Gasteiger partial charge in [-0.05, 0) is 24.6 Å². The van der Waals surface area contributed by atoms with Crippen LogP contribution in [-0.2, 0) is 13.6 Å². The number of aryl methyl sites for hydroxylation is 1. The third kappa shape index (κ3) is 2.87. The van der Waals surface area contributed by atoms with E-state index in [9.17, 15) is 0 Å². The molecule has 2 rings (SSSR count). The second-order valence-corrected chi connectivity index (χ2v) is 4.24. The minimum atomic E-state index is 0.233. The number of methoxy groups -OCH3 is 1. The minimum absolute atomic E-state index is 0.233. The lowest BCUT2D eigenvalue weighted by atomic mass is 10.1. The van der Waals surface area contributed by atoms with E-state index >= 15 is 0 Å². The quantitative estimate of drug-likeness (QED) is 0.872. The molecule has 0 saturated heterocycles. The maximum Gasteiger partial charge on any atom is 0.146 e. The summed E-state index contributed by atoms with van der Waals surface area (Å²) in [7, 11) is 3.62. The molecule has 0 aliphatic carbocycles. The molecule has 5 nitrogen and oxygen atoms in total. The lowest BCUT2D eigenvalue weighted by molar-refractivity contribution is 0.413. The first-order chi connectivity index (χ1) is 8.70. The van der Waals surface area contributed by atoms with E-state index in [1.807, 2.05) is 29.8 Å². The van der Waals surface area contributed by atoms with Crippen LogP contribution >= 0.6 is 0 Å². The van der Waals surface area contributed by atoms with E-state index in [2.05, 4.69) is 28.5 Å². The third-order valence-electron chi connectivity index (χ3n) is 2.97. The van der Waals surface area contributed by atoms with Gasteiger partial charge in [-0.15, -0.1) is 10.2 Å². The molecule has 2 aromatic rings. The van der Waals surface area contributed by atoms with Gasteiger partial charge in [0, 0.05) is 13.1 Å². The van der Waals surface area contributed by atoms with Crippen LogP contribution < -0.4 is 10.1 Å². The van der Waals surface area contributed by atoms with Crippen LogP contribution in [0.15, 0.2) is 30.6 Å². The Hall–Kier alpha value is -1.88. The highest BCUT2D eigenvalue weighted by molar-refractivity contribution is 5.30. The molecule has 1 N–H and O–H groups in total. The Kier molecular flexibility index (Phi) is 3.94. The van der Waals surface area contributed by atoms with Crippen molar-refractivity contribution >= 4 is 0 Å². The topological polar surface area (TPSA) is 52.0 Å². The summed E-state index contributed by atoms with van der Waals surface area (Å²) >= 11 is 0. The summed E-state index contributed by atoms with van der Waals surface area (Å²) < 4.78 is 7.13. The summed E-state index contributed by atoms with van der Waals surface area (Å²) in [6.45, 7) is 2.81. The number of nitrogens with one attached hydrogen (secondary N) is 1. The van der Waals surface area contributed by atoms with Crippen molar-refractivity contribution in [1.29, 1.82) is 0 Å². The van der Waals surface area contributed by atoms with Gasteiger partial charge in [0.15, 0.2) is 0 Å². The lowest BCUT2D eigenvalue weighted by Crippen LogP contribution is -2.20. The Balaban J connectivity index is 1.99. The van der Waals surface area contributed by atoms with E-state index in [0.717, 1.165) is 11.6 Å². The van der Waals surface area contributed by atoms with Crippen molar-refractivity contribution in [1.82, 2.24) is 20.1 Å². The number of ether oxygens (including phenoxy) is 1. The molecule has 0 bridgehead atoms. The highest BCUT2D eigenvalue weighted by Gasteiger charge is 2.07. The van der Waals surface area contributed by atoms with Crippen LogP contribution in [0.25, 0.3) is 0 Å². The SMILES string of the molecule is COc1cccc([C@@H](C)NCc2nncn2C)c1. The molecule has 0 aliphatic rings. The van der Waals surface area contributed by atoms with Crippen molar-refractivity contribution in [2.45, 2.75) is 19.5 Å². The number of benzene rings is 1. The second-order valence-electron chi connectivity index (χ2n) is 4.24. The molecule has 0 spiro atoms. The molecule has 1 aromatic carbocycles. The predicted molar refractivity (Wildman–Crippen MR) is 69.3 cm³/mol. The normalized spacial score (nSPS) is 12.4. The summed E-state index contributed by atoms with van der Waals surface area (Å²) in [5.74, 6) is 1.80. The Morgan fingerprint density at radius 3 is 2.94 bits per heavy atom. The zero-order chi connectivity index (χ0) is 13.0. The van der Waals surface area contributed by atoms with Crippen molar-refractivity contribution in [2.75, 3.05) is 7.11 Å². The van der Waals surface area contributed by atoms with E-state index in [4.69, 9.17) is 4.74 Å². The van der Waals surface area contributed by atoms with Crippen molar-refractivity contribution in [3.63, 3.8) is 0 Å². The van der Waals surface area contributed by atoms with Crippen molar-refractivity contribution in [3.05, 3.63) is 42.0 Å². The minimum Gasteiger partial charge on any atom is -0.497 e. The van der Waals surface area contributed by atoms with E-state index in [-0.39, 0.29) is 6.04 Å². The molecule has 0 aliphatic heterocycles. The molecule has 1 aromatic heterocycles. The fourth-order valence-corrected chi connectivity index (χ4v) is 1.74. The zero-order valence-corrected chi connectivity index (χ0v) is 10.9. The van der Waals surface area contributed by atoms with Gasteiger partial charge in [0.2, 0.25) is 0 Å². The molecule has 0 amide bonds. The van der Waals surface area contributed by atoms with Gasteiger partial charge in [-0.3, -0.25) is 0 Å². The number of hydrogen-bond donors (Lipinski definition) is 1. The second kappa shape index (κ2) is 5.64. The monoisotopic (exact) mass is 246 g/mol. The zero-order valence-electron chi connectivity index (χ0n) is 10.9. The first-order valence-electron chi connectivity index (χ1n) is 5.91. The fourth-order valence-electron chi connectivity index (χ4n) is 1.74. The molecule has 5 heteroatoms. The average Bonchev–Trinajstić information content (AvgIpc) is 2.81. The lowest BCUT2D eigenvalue weighted by Gasteiger charge is -2.14. The average molecular weight is 246 g/mol. The van der Waals surface area contributed by atoms with Gasteiger partial charge < -0.3 is 14.6 Å². The molecular formula is C13H18N4O. The maximum absolute atomic E-state index is 5.22. The number of hydrogen-bond acceptors (Lipinski definition) is 4. The van der Waals surface area contributed by atoms with Gasteiger partial charge in [-0.1, -0.05) is 12.1 Å². The van der Waals surface area contributed by atoms with Crippen molar-refractivity contribution in [3.8, 4) is 5.75 Å². The number of nitrogens with zero attached hydrogens (tertiary/aromatic N) is 3. The molecule has 0 fully saturated rings. The van der Waals surface area contributed by atoms with Gasteiger partial charge in [-0.2, -0.15) is 0 Å². The molecule has 1 heterocycles. The Labute approximate surface area is 107 Å². The maximum atomic E-state index is 5.22. The van der Waals surface area contributed by atoms with Crippen molar-refractivity contribution < 1.29 is 4.74 Å². The third-order valence-corrected chi connectivity index (χ3v) is 2.97. The standard InChI is InChI=1S/C13H18N4O/c1-10(11-5-4-6-12(7-11)18-3)14-8-13-16-15-9-17(13)2/h4-7,9-10,14H,8H2,1-3H3/t10-/m1/s1. The van der Waals surface area contributed by atoms with Gasteiger partial charge >= 0.3 is 0 Å². The van der Waals surface area contributed by atoms with Crippen LogP contribution in [0.3, 0.4) is 0 Å². The van der Waals surface area contributed by atoms with Gasteiger partial charge in [0.25, 0.3) is 0 Å². The summed E-state index contributed by atoms with van der Waals surface area (Å²) in [5.41, 5.74) is 1.19. The van der Waals surface area contributed by atoms with Crippen LogP contribution in [-0.4, -0.2) is 21.9 Å². The molecule has 0 radical (unpaired) electrons. The fraction of sp³-hybridized carbons (Fsp3) is 0.385. The Morgan fingerprint density at radius 2 is 2.28 bits per heavy atom. The van der Waals surface area contributed by atoms with Crippen LogP contribution in [0.2, 0.25) is 0 Å². The Bertz CT molecular complexity index is 509. The Morgan fingerprint density at radius 1 is 1.44 bits per heavy atom. The van der Waals surface area contributed by atoms with E-state index in [0.29, 0.717) is 6.54 Å². The van der Waals surface area contributed by atoms with Gasteiger partial charge in [0.1, 0.15) is 17.9 Å². The predicted octanol–water partition coefficient (Wildman–Crippen LogP) is 1.67. The summed E-state index contributed by atoms with van der Waals surface area (Å²) in [4.78, 5) is 0. The van der Waals surface area contributed by atoms with Crippen LogP contribution in [0.1, 0.15) is 24.4 Å². The smallest absolute Gasteiger partial charge is 0.146 e. The van der Waals surface area contributed by atoms with Crippen molar-refractivity contribution in [2.24, 2.45) is 7.05 Å². The largest absolute Gasteiger partial charge is 0.497 e. The van der Waals surface area contributed by atoms with E-state index < -0.39 is 0 Å². The van der Waals surface area contributed by atoms with Crippen LogP contribution in [0.5, 0.6) is 5.75 Å². The van der Waals surface area contributed by atoms with E-state index in [1.54, 1.807) is 13.4 Å². The molecule has 0 saturated carbocycles. The van der Waals surface area contributed by atoms with Crippen LogP contribution in [0.4, 0.5) is 0 Å². The summed E-state index contributed by atoms with van der Waals surface area (Å²) in [6, 6.07) is 8.29. The summed E-state index contributed by atoms with van der Waals surface area (Å²) in [5, 5.41) is 11.3. The van der Waals surface area contributed by atoms with Crippen LogP contribution in [0, 0.1) is 0 Å². The molecule has 1 atom stereocenters. The highest BCUT2D eigenvalue weighted by Crippen LogP contribution is 2.18. The van der Waals surface area contributed by atoms with Gasteiger partial charge in [-0.25, -0.2) is 0 Å². The number of aromatic nitrogens is 3. The number of rotatable bonds is 5. The van der Waals surface area contributed by atoms with Gasteiger partial charge in [0.05, 0.1) is 13.7 Å². The van der Waals surface area contributed by atoms with E-state index in [1.165, 1.54) is 5.56 Å². The summed E-state index contributed by atoms with van der Waals surface area (Å²) in [6.07, 6.45) is 1.70. The molecule has 18 heavy (non-hydrogen) atoms. The molecule has 96 valence electrons.